The number of thioether (sulfide) groups is 1. The lowest BCUT2D eigenvalue weighted by Gasteiger charge is -2.29. The van der Waals surface area contributed by atoms with Crippen LogP contribution >= 0.6 is 11.8 Å². The Kier molecular flexibility index (Phi) is 3.71. The summed E-state index contributed by atoms with van der Waals surface area (Å²) in [6.45, 7) is 4.18. The quantitative estimate of drug-likeness (QED) is 0.818. The summed E-state index contributed by atoms with van der Waals surface area (Å²) in [6, 6.07) is 0.471. The van der Waals surface area contributed by atoms with Gasteiger partial charge in [0, 0.05) is 12.0 Å². The number of carboxylic acids is 1. The fourth-order valence-electron chi connectivity index (χ4n) is 1.89. The van der Waals surface area contributed by atoms with Crippen molar-refractivity contribution in [2.45, 2.75) is 50.2 Å². The highest BCUT2D eigenvalue weighted by molar-refractivity contribution is 7.99. The molecule has 1 aromatic rings. The second-order valence-electron chi connectivity index (χ2n) is 4.63. The zero-order valence-electron chi connectivity index (χ0n) is 10.1. The third kappa shape index (κ3) is 2.62. The first-order valence-corrected chi connectivity index (χ1v) is 6.87. The van der Waals surface area contributed by atoms with Gasteiger partial charge in [0.05, 0.1) is 5.75 Å². The maximum absolute atomic E-state index is 10.6. The first-order valence-electron chi connectivity index (χ1n) is 5.89. The SMILES string of the molecule is CC(C)c1nnc(SCC(=O)O)n1C1CCC1. The van der Waals surface area contributed by atoms with Crippen molar-refractivity contribution in [2.75, 3.05) is 5.75 Å². The number of aliphatic carboxylic acids is 1. The molecule has 2 rings (SSSR count). The van der Waals surface area contributed by atoms with Crippen LogP contribution in [0.1, 0.15) is 50.9 Å². The summed E-state index contributed by atoms with van der Waals surface area (Å²) in [5.41, 5.74) is 0. The highest BCUT2D eigenvalue weighted by Crippen LogP contribution is 2.36. The van der Waals surface area contributed by atoms with E-state index >= 15 is 0 Å². The van der Waals surface area contributed by atoms with Crippen LogP contribution in [0.2, 0.25) is 0 Å². The van der Waals surface area contributed by atoms with Gasteiger partial charge in [0.15, 0.2) is 5.16 Å². The van der Waals surface area contributed by atoms with Gasteiger partial charge in [-0.3, -0.25) is 4.79 Å². The van der Waals surface area contributed by atoms with E-state index in [1.807, 2.05) is 0 Å². The smallest absolute Gasteiger partial charge is 0.313 e. The molecule has 0 aromatic carbocycles. The van der Waals surface area contributed by atoms with E-state index in [1.165, 1.54) is 18.2 Å². The van der Waals surface area contributed by atoms with Gasteiger partial charge in [-0.15, -0.1) is 10.2 Å². The molecule has 0 unspecified atom stereocenters. The van der Waals surface area contributed by atoms with Crippen LogP contribution in [0.15, 0.2) is 5.16 Å². The van der Waals surface area contributed by atoms with E-state index in [9.17, 15) is 4.79 Å². The van der Waals surface area contributed by atoms with Gasteiger partial charge in [0.25, 0.3) is 0 Å². The Bertz CT molecular complexity index is 413. The minimum absolute atomic E-state index is 0.0446. The molecule has 1 aliphatic rings. The lowest BCUT2D eigenvalue weighted by atomic mass is 9.92. The average Bonchev–Trinajstić information content (AvgIpc) is 2.56. The van der Waals surface area contributed by atoms with Crippen molar-refractivity contribution in [3.05, 3.63) is 5.82 Å². The molecule has 94 valence electrons. The third-order valence-corrected chi connectivity index (χ3v) is 3.90. The Morgan fingerprint density at radius 1 is 1.53 bits per heavy atom. The Morgan fingerprint density at radius 3 is 2.71 bits per heavy atom. The maximum atomic E-state index is 10.6. The molecular weight excluding hydrogens is 238 g/mol. The fraction of sp³-hybridized carbons (Fsp3) is 0.727. The van der Waals surface area contributed by atoms with Crippen molar-refractivity contribution in [1.29, 1.82) is 0 Å². The highest BCUT2D eigenvalue weighted by atomic mass is 32.2. The van der Waals surface area contributed by atoms with Crippen LogP contribution in [0.25, 0.3) is 0 Å². The summed E-state index contributed by atoms with van der Waals surface area (Å²) in [5.74, 6) is 0.525. The molecule has 1 saturated carbocycles. The van der Waals surface area contributed by atoms with Crippen molar-refractivity contribution in [1.82, 2.24) is 14.8 Å². The number of carbonyl (C=O) groups is 1. The van der Waals surface area contributed by atoms with Crippen molar-refractivity contribution in [3.63, 3.8) is 0 Å². The van der Waals surface area contributed by atoms with E-state index in [2.05, 4.69) is 28.6 Å². The number of aromatic nitrogens is 3. The van der Waals surface area contributed by atoms with Crippen molar-refractivity contribution in [3.8, 4) is 0 Å². The molecule has 1 N–H and O–H groups in total. The second-order valence-corrected chi connectivity index (χ2v) is 5.58. The topological polar surface area (TPSA) is 68.0 Å². The summed E-state index contributed by atoms with van der Waals surface area (Å²) in [6.07, 6.45) is 3.54. The van der Waals surface area contributed by atoms with Gasteiger partial charge in [-0.05, 0) is 19.3 Å². The van der Waals surface area contributed by atoms with Crippen LogP contribution in [0, 0.1) is 0 Å². The predicted molar refractivity (Wildman–Crippen MR) is 65.4 cm³/mol. The molecule has 1 heterocycles. The van der Waals surface area contributed by atoms with Gasteiger partial charge >= 0.3 is 5.97 Å². The van der Waals surface area contributed by atoms with Gasteiger partial charge in [-0.25, -0.2) is 0 Å². The number of rotatable bonds is 5. The lowest BCUT2D eigenvalue weighted by molar-refractivity contribution is -0.133. The molecule has 0 amide bonds. The van der Waals surface area contributed by atoms with E-state index in [-0.39, 0.29) is 5.75 Å². The molecule has 0 saturated heterocycles. The van der Waals surface area contributed by atoms with Gasteiger partial charge in [-0.2, -0.15) is 0 Å². The molecular formula is C11H17N3O2S. The first-order chi connectivity index (χ1) is 8.09. The Morgan fingerprint density at radius 2 is 2.24 bits per heavy atom. The van der Waals surface area contributed by atoms with Gasteiger partial charge in [0.1, 0.15) is 5.82 Å². The summed E-state index contributed by atoms with van der Waals surface area (Å²) >= 11 is 1.26. The minimum atomic E-state index is -0.816. The predicted octanol–water partition coefficient (Wildman–Crippen LogP) is 2.30. The van der Waals surface area contributed by atoms with E-state index in [0.717, 1.165) is 23.8 Å². The van der Waals surface area contributed by atoms with Crippen molar-refractivity contribution in [2.24, 2.45) is 0 Å². The molecule has 0 atom stereocenters. The molecule has 6 heteroatoms. The maximum Gasteiger partial charge on any atom is 0.313 e. The number of nitrogens with zero attached hydrogens (tertiary/aromatic N) is 3. The molecule has 0 aliphatic heterocycles. The van der Waals surface area contributed by atoms with Crippen molar-refractivity contribution < 1.29 is 9.90 Å². The monoisotopic (exact) mass is 255 g/mol. The normalized spacial score (nSPS) is 16.2. The van der Waals surface area contributed by atoms with Crippen LogP contribution < -0.4 is 0 Å². The standard InChI is InChI=1S/C11H17N3O2S/c1-7(2)10-12-13-11(17-6-9(15)16)14(10)8-4-3-5-8/h7-8H,3-6H2,1-2H3,(H,15,16). The van der Waals surface area contributed by atoms with E-state index in [1.54, 1.807) is 0 Å². The second kappa shape index (κ2) is 5.08. The Hall–Kier alpha value is -1.04. The zero-order valence-corrected chi connectivity index (χ0v) is 10.9. The van der Waals surface area contributed by atoms with Gasteiger partial charge in [0.2, 0.25) is 0 Å². The summed E-state index contributed by atoms with van der Waals surface area (Å²) in [4.78, 5) is 10.6. The molecule has 0 radical (unpaired) electrons. The van der Waals surface area contributed by atoms with Crippen LogP contribution in [0.4, 0.5) is 0 Å². The molecule has 5 nitrogen and oxygen atoms in total. The number of hydrogen-bond acceptors (Lipinski definition) is 4. The Balaban J connectivity index is 2.21. The molecule has 1 fully saturated rings. The summed E-state index contributed by atoms with van der Waals surface area (Å²) in [7, 11) is 0. The number of hydrogen-bond donors (Lipinski definition) is 1. The Labute approximate surface area is 105 Å². The van der Waals surface area contributed by atoms with Crippen molar-refractivity contribution >= 4 is 17.7 Å². The molecule has 1 aromatic heterocycles. The summed E-state index contributed by atoms with van der Waals surface area (Å²) in [5, 5.41) is 17.8. The summed E-state index contributed by atoms with van der Waals surface area (Å²) < 4.78 is 2.14. The third-order valence-electron chi connectivity index (χ3n) is 2.97. The fourth-order valence-corrected chi connectivity index (χ4v) is 2.63. The lowest BCUT2D eigenvalue weighted by Crippen LogP contribution is -2.21. The minimum Gasteiger partial charge on any atom is -0.481 e. The van der Waals surface area contributed by atoms with E-state index in [4.69, 9.17) is 5.11 Å². The molecule has 1 aliphatic carbocycles. The average molecular weight is 255 g/mol. The highest BCUT2D eigenvalue weighted by Gasteiger charge is 2.27. The zero-order chi connectivity index (χ0) is 12.4. The van der Waals surface area contributed by atoms with Gasteiger partial charge < -0.3 is 9.67 Å². The largest absolute Gasteiger partial charge is 0.481 e. The number of carboxylic acid groups (broad SMARTS) is 1. The first kappa shape index (κ1) is 12.4. The van der Waals surface area contributed by atoms with Crippen LogP contribution in [-0.2, 0) is 4.79 Å². The van der Waals surface area contributed by atoms with E-state index < -0.39 is 5.97 Å². The van der Waals surface area contributed by atoms with Crippen LogP contribution in [0.5, 0.6) is 0 Å². The van der Waals surface area contributed by atoms with Crippen LogP contribution in [0.3, 0.4) is 0 Å². The van der Waals surface area contributed by atoms with E-state index in [0.29, 0.717) is 12.0 Å². The molecule has 0 spiro atoms. The molecule has 0 bridgehead atoms. The molecule has 17 heavy (non-hydrogen) atoms. The van der Waals surface area contributed by atoms with Crippen LogP contribution in [-0.4, -0.2) is 31.6 Å². The van der Waals surface area contributed by atoms with Gasteiger partial charge in [-0.1, -0.05) is 25.6 Å².